The normalized spacial score (nSPS) is 20.4. The lowest BCUT2D eigenvalue weighted by atomic mass is 9.91. The van der Waals surface area contributed by atoms with Crippen molar-refractivity contribution in [2.75, 3.05) is 26.7 Å². The summed E-state index contributed by atoms with van der Waals surface area (Å²) in [6, 6.07) is 8.10. The Kier molecular flexibility index (Phi) is 4.25. The third kappa shape index (κ3) is 3.24. The minimum Gasteiger partial charge on any atom is -0.497 e. The molecule has 0 amide bonds. The molecule has 1 heterocycles. The molecule has 0 spiro atoms. The van der Waals surface area contributed by atoms with Crippen LogP contribution >= 0.6 is 0 Å². The third-order valence-corrected chi connectivity index (χ3v) is 3.73. The molecule has 1 saturated heterocycles. The van der Waals surface area contributed by atoms with Gasteiger partial charge in [-0.3, -0.25) is 0 Å². The average molecular weight is 248 g/mol. The number of benzene rings is 1. The van der Waals surface area contributed by atoms with Crippen molar-refractivity contribution in [3.63, 3.8) is 0 Å². The number of hydrogen-bond donors (Lipinski definition) is 1. The summed E-state index contributed by atoms with van der Waals surface area (Å²) in [6.45, 7) is 5.38. The third-order valence-electron chi connectivity index (χ3n) is 3.73. The van der Waals surface area contributed by atoms with Gasteiger partial charge in [-0.2, -0.15) is 0 Å². The zero-order valence-electron chi connectivity index (χ0n) is 11.5. The lowest BCUT2D eigenvalue weighted by Gasteiger charge is -2.35. The largest absolute Gasteiger partial charge is 0.497 e. The molecule has 100 valence electrons. The van der Waals surface area contributed by atoms with Gasteiger partial charge in [0.2, 0.25) is 0 Å². The predicted octanol–water partition coefficient (Wildman–Crippen LogP) is 2.36. The van der Waals surface area contributed by atoms with E-state index in [9.17, 15) is 0 Å². The Morgan fingerprint density at radius 3 is 2.67 bits per heavy atom. The van der Waals surface area contributed by atoms with Gasteiger partial charge in [-0.25, -0.2) is 0 Å². The van der Waals surface area contributed by atoms with Gasteiger partial charge in [0.05, 0.1) is 12.6 Å². The number of hydrogen-bond acceptors (Lipinski definition) is 3. The van der Waals surface area contributed by atoms with Gasteiger partial charge >= 0.3 is 0 Å². The van der Waals surface area contributed by atoms with Crippen LogP contribution in [0.4, 0.5) is 0 Å². The molecule has 1 aromatic rings. The number of likely N-dealkylation sites (tertiary alicyclic amines) is 1. The Balaban J connectivity index is 2.08. The molecule has 1 aliphatic heterocycles. The van der Waals surface area contributed by atoms with Crippen LogP contribution in [-0.2, 0) is 5.54 Å². The minimum absolute atomic E-state index is 0.314. The summed E-state index contributed by atoms with van der Waals surface area (Å²) in [6.07, 6.45) is 3.96. The molecule has 0 bridgehead atoms. The molecule has 1 atom stereocenters. The van der Waals surface area contributed by atoms with Crippen molar-refractivity contribution in [3.05, 3.63) is 29.8 Å². The molecule has 0 saturated carbocycles. The number of nitrogens with zero attached hydrogens (tertiary/aromatic N) is 1. The van der Waals surface area contributed by atoms with Crippen LogP contribution in [0.5, 0.6) is 5.75 Å². The fourth-order valence-electron chi connectivity index (χ4n) is 2.65. The summed E-state index contributed by atoms with van der Waals surface area (Å²) < 4.78 is 5.27. The first kappa shape index (κ1) is 13.4. The molecule has 2 rings (SSSR count). The maximum Gasteiger partial charge on any atom is 0.119 e. The number of piperidine rings is 1. The molecule has 0 aromatic heterocycles. The fraction of sp³-hybridized carbons (Fsp3) is 0.600. The van der Waals surface area contributed by atoms with Crippen molar-refractivity contribution in [2.45, 2.75) is 31.7 Å². The van der Waals surface area contributed by atoms with Crippen LogP contribution in [0.15, 0.2) is 24.3 Å². The van der Waals surface area contributed by atoms with E-state index in [1.807, 2.05) is 18.2 Å². The summed E-state index contributed by atoms with van der Waals surface area (Å²) >= 11 is 0. The van der Waals surface area contributed by atoms with Gasteiger partial charge in [-0.15, -0.1) is 0 Å². The molecule has 3 heteroatoms. The summed E-state index contributed by atoms with van der Waals surface area (Å²) in [5, 5.41) is 0. The quantitative estimate of drug-likeness (QED) is 0.889. The standard InChI is InChI=1S/C15H24N2O/c1-15(16,12-17-9-4-3-5-10-17)13-7-6-8-14(11-13)18-2/h6-8,11H,3-5,9-10,12,16H2,1-2H3. The SMILES string of the molecule is COc1cccc(C(C)(N)CN2CCCCC2)c1. The lowest BCUT2D eigenvalue weighted by Crippen LogP contribution is -2.47. The van der Waals surface area contributed by atoms with Crippen molar-refractivity contribution in [1.29, 1.82) is 0 Å². The van der Waals surface area contributed by atoms with E-state index in [1.165, 1.54) is 32.4 Å². The van der Waals surface area contributed by atoms with Gasteiger partial charge in [-0.05, 0) is 50.6 Å². The van der Waals surface area contributed by atoms with E-state index in [0.717, 1.165) is 17.9 Å². The van der Waals surface area contributed by atoms with Crippen molar-refractivity contribution >= 4 is 0 Å². The Labute approximate surface area is 110 Å². The second-order valence-electron chi connectivity index (χ2n) is 5.49. The van der Waals surface area contributed by atoms with Crippen LogP contribution in [0.2, 0.25) is 0 Å². The van der Waals surface area contributed by atoms with Crippen LogP contribution in [0.1, 0.15) is 31.7 Å². The Morgan fingerprint density at radius 2 is 2.00 bits per heavy atom. The number of rotatable bonds is 4. The van der Waals surface area contributed by atoms with E-state index >= 15 is 0 Å². The topological polar surface area (TPSA) is 38.5 Å². The van der Waals surface area contributed by atoms with Crippen LogP contribution in [0, 0.1) is 0 Å². The molecular weight excluding hydrogens is 224 g/mol. The first-order chi connectivity index (χ1) is 8.62. The van der Waals surface area contributed by atoms with Gasteiger partial charge in [0, 0.05) is 6.54 Å². The first-order valence-electron chi connectivity index (χ1n) is 6.77. The Morgan fingerprint density at radius 1 is 1.28 bits per heavy atom. The predicted molar refractivity (Wildman–Crippen MR) is 74.8 cm³/mol. The highest BCUT2D eigenvalue weighted by atomic mass is 16.5. The maximum absolute atomic E-state index is 6.50. The van der Waals surface area contributed by atoms with Crippen molar-refractivity contribution in [1.82, 2.24) is 4.90 Å². The van der Waals surface area contributed by atoms with Crippen LogP contribution in [0.25, 0.3) is 0 Å². The number of nitrogens with two attached hydrogens (primary N) is 1. The summed E-state index contributed by atoms with van der Waals surface area (Å²) in [4.78, 5) is 2.48. The molecule has 1 unspecified atom stereocenters. The van der Waals surface area contributed by atoms with Crippen LogP contribution in [-0.4, -0.2) is 31.6 Å². The van der Waals surface area contributed by atoms with Gasteiger partial charge in [0.1, 0.15) is 5.75 Å². The van der Waals surface area contributed by atoms with Gasteiger partial charge in [0.25, 0.3) is 0 Å². The van der Waals surface area contributed by atoms with E-state index in [1.54, 1.807) is 7.11 Å². The molecule has 2 N–H and O–H groups in total. The zero-order valence-corrected chi connectivity index (χ0v) is 11.5. The van der Waals surface area contributed by atoms with E-state index in [2.05, 4.69) is 17.9 Å². The second-order valence-corrected chi connectivity index (χ2v) is 5.49. The van der Waals surface area contributed by atoms with Crippen LogP contribution in [0.3, 0.4) is 0 Å². The van der Waals surface area contributed by atoms with E-state index < -0.39 is 0 Å². The Bertz CT molecular complexity index is 384. The van der Waals surface area contributed by atoms with Gasteiger partial charge < -0.3 is 15.4 Å². The van der Waals surface area contributed by atoms with E-state index in [0.29, 0.717) is 0 Å². The van der Waals surface area contributed by atoms with Crippen molar-refractivity contribution in [2.24, 2.45) is 5.73 Å². The van der Waals surface area contributed by atoms with Crippen LogP contribution < -0.4 is 10.5 Å². The van der Waals surface area contributed by atoms with Gasteiger partial charge in [0.15, 0.2) is 0 Å². The summed E-state index contributed by atoms with van der Waals surface area (Å²) in [5.41, 5.74) is 7.33. The molecule has 1 aliphatic rings. The highest BCUT2D eigenvalue weighted by molar-refractivity contribution is 5.33. The highest BCUT2D eigenvalue weighted by Crippen LogP contribution is 2.24. The molecule has 3 nitrogen and oxygen atoms in total. The zero-order chi connectivity index (χ0) is 13.0. The molecule has 1 fully saturated rings. The molecular formula is C15H24N2O. The van der Waals surface area contributed by atoms with Gasteiger partial charge in [-0.1, -0.05) is 18.6 Å². The molecule has 1 aromatic carbocycles. The Hall–Kier alpha value is -1.06. The maximum atomic E-state index is 6.50. The second kappa shape index (κ2) is 5.72. The molecule has 0 radical (unpaired) electrons. The average Bonchev–Trinajstić information content (AvgIpc) is 2.39. The van der Waals surface area contributed by atoms with Crippen molar-refractivity contribution in [3.8, 4) is 5.75 Å². The smallest absolute Gasteiger partial charge is 0.119 e. The lowest BCUT2D eigenvalue weighted by molar-refractivity contribution is 0.185. The molecule has 18 heavy (non-hydrogen) atoms. The molecule has 0 aliphatic carbocycles. The van der Waals surface area contributed by atoms with E-state index in [-0.39, 0.29) is 5.54 Å². The van der Waals surface area contributed by atoms with E-state index in [4.69, 9.17) is 10.5 Å². The summed E-state index contributed by atoms with van der Waals surface area (Å²) in [5.74, 6) is 0.878. The minimum atomic E-state index is -0.314. The first-order valence-corrected chi connectivity index (χ1v) is 6.77. The summed E-state index contributed by atoms with van der Waals surface area (Å²) in [7, 11) is 1.69. The fourth-order valence-corrected chi connectivity index (χ4v) is 2.65. The number of ether oxygens (including phenoxy) is 1. The van der Waals surface area contributed by atoms with Crippen molar-refractivity contribution < 1.29 is 4.74 Å². The highest BCUT2D eigenvalue weighted by Gasteiger charge is 2.25. The number of methoxy groups -OCH3 is 1. The monoisotopic (exact) mass is 248 g/mol.